The summed E-state index contributed by atoms with van der Waals surface area (Å²) in [6.45, 7) is -1.99. The van der Waals surface area contributed by atoms with Crippen molar-refractivity contribution in [1.29, 1.82) is 0 Å². The van der Waals surface area contributed by atoms with Gasteiger partial charge in [-0.15, -0.1) is 0 Å². The maximum Gasteiger partial charge on any atom is 0.405 e. The van der Waals surface area contributed by atoms with Crippen molar-refractivity contribution in [2.75, 3.05) is 25.6 Å². The van der Waals surface area contributed by atoms with Crippen molar-refractivity contribution in [3.63, 3.8) is 0 Å². The van der Waals surface area contributed by atoms with Crippen LogP contribution < -0.4 is 20.1 Å². The minimum atomic E-state index is -4.50. The lowest BCUT2D eigenvalue weighted by Gasteiger charge is -2.13. The van der Waals surface area contributed by atoms with Gasteiger partial charge < -0.3 is 20.1 Å². The van der Waals surface area contributed by atoms with Gasteiger partial charge in [-0.25, -0.2) is 9.97 Å². The molecule has 5 aromatic rings. The second-order valence-corrected chi connectivity index (χ2v) is 8.68. The average molecular weight is 549 g/mol. The van der Waals surface area contributed by atoms with E-state index in [1.807, 2.05) is 42.6 Å². The lowest BCUT2D eigenvalue weighted by Crippen LogP contribution is -2.36. The number of alkyl halides is 3. The number of rotatable bonds is 9. The molecule has 204 valence electrons. The van der Waals surface area contributed by atoms with Crippen molar-refractivity contribution in [3.05, 3.63) is 79.1 Å². The number of anilines is 2. The molecule has 0 aliphatic rings. The highest BCUT2D eigenvalue weighted by atomic mass is 19.4. The number of H-pyrrole nitrogens is 1. The van der Waals surface area contributed by atoms with Crippen LogP contribution in [0.15, 0.2) is 79.1 Å². The van der Waals surface area contributed by atoms with Crippen LogP contribution in [0.4, 0.5) is 24.7 Å². The van der Waals surface area contributed by atoms with Gasteiger partial charge in [0.2, 0.25) is 0 Å². The van der Waals surface area contributed by atoms with Crippen molar-refractivity contribution in [2.24, 2.45) is 0 Å². The monoisotopic (exact) mass is 548 g/mol. The van der Waals surface area contributed by atoms with E-state index in [4.69, 9.17) is 14.5 Å². The molecular formula is C28H23F3N6O3. The average Bonchev–Trinajstić information content (AvgIpc) is 3.50. The Balaban J connectivity index is 1.41. The first-order valence-electron chi connectivity index (χ1n) is 12.1. The third-order valence-corrected chi connectivity index (χ3v) is 5.83. The number of nitrogens with zero attached hydrogens (tertiary/aromatic N) is 3. The van der Waals surface area contributed by atoms with Crippen molar-refractivity contribution in [1.82, 2.24) is 25.5 Å². The van der Waals surface area contributed by atoms with E-state index < -0.39 is 25.2 Å². The summed E-state index contributed by atoms with van der Waals surface area (Å²) in [6, 6.07) is 19.9. The first-order valence-corrected chi connectivity index (χ1v) is 12.1. The lowest BCUT2D eigenvalue weighted by molar-refractivity contribution is -0.139. The first kappa shape index (κ1) is 26.5. The zero-order valence-corrected chi connectivity index (χ0v) is 21.1. The normalized spacial score (nSPS) is 11.3. The predicted octanol–water partition coefficient (Wildman–Crippen LogP) is 5.50. The Kier molecular flexibility index (Phi) is 7.49. The number of hydrogen-bond acceptors (Lipinski definition) is 7. The summed E-state index contributed by atoms with van der Waals surface area (Å²) in [4.78, 5) is 21.2. The largest absolute Gasteiger partial charge is 0.497 e. The molecule has 0 aliphatic heterocycles. The molecule has 0 bridgehead atoms. The number of aromatic amines is 1. The zero-order chi connectivity index (χ0) is 28.1. The molecule has 0 radical (unpaired) electrons. The highest BCUT2D eigenvalue weighted by Crippen LogP contribution is 2.31. The lowest BCUT2D eigenvalue weighted by atomic mass is 10.1. The van der Waals surface area contributed by atoms with Crippen molar-refractivity contribution >= 4 is 28.3 Å². The second kappa shape index (κ2) is 11.3. The van der Waals surface area contributed by atoms with Crippen LogP contribution in [0.2, 0.25) is 0 Å². The molecular weight excluding hydrogens is 525 g/mol. The van der Waals surface area contributed by atoms with Gasteiger partial charge in [0.05, 0.1) is 18.8 Å². The Morgan fingerprint density at radius 2 is 1.77 bits per heavy atom. The van der Waals surface area contributed by atoms with Gasteiger partial charge in [0, 0.05) is 28.4 Å². The molecule has 0 spiro atoms. The summed E-state index contributed by atoms with van der Waals surface area (Å²) < 4.78 is 47.8. The summed E-state index contributed by atoms with van der Waals surface area (Å²) in [7, 11) is 1.58. The number of methoxy groups -OCH3 is 1. The van der Waals surface area contributed by atoms with Crippen LogP contribution in [-0.4, -0.2) is 52.5 Å². The fourth-order valence-corrected chi connectivity index (χ4v) is 3.87. The van der Waals surface area contributed by atoms with E-state index in [0.29, 0.717) is 28.5 Å². The van der Waals surface area contributed by atoms with Crippen LogP contribution in [0.1, 0.15) is 0 Å². The fourth-order valence-electron chi connectivity index (χ4n) is 3.87. The molecule has 9 nitrogen and oxygen atoms in total. The van der Waals surface area contributed by atoms with Gasteiger partial charge in [0.15, 0.2) is 12.4 Å². The third-order valence-electron chi connectivity index (χ3n) is 5.83. The Labute approximate surface area is 226 Å². The Hall–Kier alpha value is -5.13. The van der Waals surface area contributed by atoms with E-state index >= 15 is 0 Å². The summed E-state index contributed by atoms with van der Waals surface area (Å²) >= 11 is 0. The van der Waals surface area contributed by atoms with Gasteiger partial charge in [0.25, 0.3) is 5.91 Å². The number of hydrogen-bond donors (Lipinski definition) is 3. The molecule has 0 unspecified atom stereocenters. The molecule has 0 saturated heterocycles. The zero-order valence-electron chi connectivity index (χ0n) is 21.1. The molecule has 2 aromatic heterocycles. The molecule has 0 fully saturated rings. The van der Waals surface area contributed by atoms with Crippen LogP contribution in [-0.2, 0) is 4.79 Å². The summed E-state index contributed by atoms with van der Waals surface area (Å²) in [6.07, 6.45) is -0.946. The molecule has 0 saturated carbocycles. The molecule has 3 N–H and O–H groups in total. The van der Waals surface area contributed by atoms with Crippen molar-refractivity contribution in [3.8, 4) is 34.0 Å². The van der Waals surface area contributed by atoms with Crippen LogP contribution in [0.3, 0.4) is 0 Å². The molecule has 0 atom stereocenters. The fraction of sp³-hybridized carbons (Fsp3) is 0.143. The first-order chi connectivity index (χ1) is 19.3. The van der Waals surface area contributed by atoms with Crippen LogP contribution in [0.25, 0.3) is 33.4 Å². The van der Waals surface area contributed by atoms with Gasteiger partial charge >= 0.3 is 6.18 Å². The predicted molar refractivity (Wildman–Crippen MR) is 143 cm³/mol. The molecule has 2 heterocycles. The Morgan fingerprint density at radius 1 is 0.950 bits per heavy atom. The topological polar surface area (TPSA) is 114 Å². The SMILES string of the molecule is COc1ccc2nc(-c3cccc(OCC(=O)NCC(F)(F)F)c3)nc(Nc3ccc(-c4cn[nH]c4)cc3)c2c1. The highest BCUT2D eigenvalue weighted by Gasteiger charge is 2.27. The molecule has 5 rings (SSSR count). The van der Waals surface area contributed by atoms with E-state index in [1.165, 1.54) is 0 Å². The van der Waals surface area contributed by atoms with Crippen LogP contribution in [0, 0.1) is 0 Å². The van der Waals surface area contributed by atoms with E-state index in [1.54, 1.807) is 49.0 Å². The van der Waals surface area contributed by atoms with Gasteiger partial charge in [-0.05, 0) is 48.0 Å². The molecule has 3 aromatic carbocycles. The molecule has 1 amide bonds. The van der Waals surface area contributed by atoms with Gasteiger partial charge in [-0.1, -0.05) is 24.3 Å². The number of halogens is 3. The standard InChI is InChI=1S/C28H23F3N6O3/c1-39-21-9-10-24-23(12-21)27(35-20-7-5-17(6-8-20)19-13-33-34-14-19)37-26(36-24)18-3-2-4-22(11-18)40-15-25(38)32-16-28(29,30)31/h2-14H,15-16H2,1H3,(H,32,38)(H,33,34)(H,35,36,37). The summed E-state index contributed by atoms with van der Waals surface area (Å²) in [5.41, 5.74) is 4.00. The number of carbonyl (C=O) groups is 1. The maximum absolute atomic E-state index is 12.3. The van der Waals surface area contributed by atoms with Crippen LogP contribution in [0.5, 0.6) is 11.5 Å². The maximum atomic E-state index is 12.3. The van der Waals surface area contributed by atoms with E-state index in [0.717, 1.165) is 22.2 Å². The number of fused-ring (bicyclic) bond motifs is 1. The number of amides is 1. The smallest absolute Gasteiger partial charge is 0.405 e. The number of aromatic nitrogens is 4. The molecule has 12 heteroatoms. The summed E-state index contributed by atoms with van der Waals surface area (Å²) in [5.74, 6) is 0.947. The number of ether oxygens (including phenoxy) is 2. The van der Waals surface area contributed by atoms with Crippen molar-refractivity contribution < 1.29 is 27.4 Å². The second-order valence-electron chi connectivity index (χ2n) is 8.68. The van der Waals surface area contributed by atoms with Gasteiger partial charge in [-0.3, -0.25) is 9.89 Å². The molecule has 40 heavy (non-hydrogen) atoms. The molecule has 0 aliphatic carbocycles. The third kappa shape index (κ3) is 6.46. The van der Waals surface area contributed by atoms with Crippen LogP contribution >= 0.6 is 0 Å². The summed E-state index contributed by atoms with van der Waals surface area (Å²) in [5, 5.41) is 12.6. The minimum Gasteiger partial charge on any atom is -0.497 e. The number of benzene rings is 3. The number of nitrogens with one attached hydrogen (secondary N) is 3. The minimum absolute atomic E-state index is 0.280. The van der Waals surface area contributed by atoms with Gasteiger partial charge in [0.1, 0.15) is 23.9 Å². The number of carbonyl (C=O) groups excluding carboxylic acids is 1. The van der Waals surface area contributed by atoms with E-state index in [2.05, 4.69) is 20.5 Å². The van der Waals surface area contributed by atoms with Crippen molar-refractivity contribution in [2.45, 2.75) is 6.18 Å². The van der Waals surface area contributed by atoms with Gasteiger partial charge in [-0.2, -0.15) is 18.3 Å². The van der Waals surface area contributed by atoms with E-state index in [-0.39, 0.29) is 5.75 Å². The van der Waals surface area contributed by atoms with E-state index in [9.17, 15) is 18.0 Å². The quantitative estimate of drug-likeness (QED) is 0.223. The Morgan fingerprint density at radius 3 is 2.50 bits per heavy atom. The Bertz CT molecular complexity index is 1620. The highest BCUT2D eigenvalue weighted by molar-refractivity contribution is 5.93.